The van der Waals surface area contributed by atoms with E-state index in [-0.39, 0.29) is 17.6 Å². The van der Waals surface area contributed by atoms with Gasteiger partial charge in [0, 0.05) is 18.6 Å². The van der Waals surface area contributed by atoms with E-state index in [1.165, 1.54) is 0 Å². The van der Waals surface area contributed by atoms with E-state index < -0.39 is 5.97 Å². The number of hydrogen-bond donors (Lipinski definition) is 1. The number of unbranched alkanes of at least 4 members (excludes halogenated alkanes) is 3. The van der Waals surface area contributed by atoms with Crippen LogP contribution in [0.3, 0.4) is 0 Å². The van der Waals surface area contributed by atoms with E-state index in [2.05, 4.69) is 6.58 Å². The number of esters is 1. The molecule has 1 heterocycles. The number of aliphatic carboxylic acids is 1. The van der Waals surface area contributed by atoms with Gasteiger partial charge in [-0.15, -0.1) is 0 Å². The van der Waals surface area contributed by atoms with E-state index >= 15 is 0 Å². The Hall–Kier alpha value is -1.36. The molecule has 5 nitrogen and oxygen atoms in total. The van der Waals surface area contributed by atoms with Crippen molar-refractivity contribution in [1.82, 2.24) is 0 Å². The largest absolute Gasteiger partial charge is 0.478 e. The second-order valence-corrected chi connectivity index (χ2v) is 5.14. The van der Waals surface area contributed by atoms with Crippen molar-refractivity contribution >= 4 is 11.9 Å². The molecule has 5 heteroatoms. The molecule has 1 N–H and O–H groups in total. The predicted molar refractivity (Wildman–Crippen MR) is 74.4 cm³/mol. The summed E-state index contributed by atoms with van der Waals surface area (Å²) in [4.78, 5) is 22.0. The summed E-state index contributed by atoms with van der Waals surface area (Å²) in [7, 11) is 0. The Morgan fingerprint density at radius 3 is 2.50 bits per heavy atom. The summed E-state index contributed by atoms with van der Waals surface area (Å²) in [5, 5.41) is 8.64. The fraction of sp³-hybridized carbons (Fsp3) is 0.733. The van der Waals surface area contributed by atoms with Crippen LogP contribution >= 0.6 is 0 Å². The molecule has 0 bridgehead atoms. The van der Waals surface area contributed by atoms with Crippen LogP contribution < -0.4 is 0 Å². The summed E-state index contributed by atoms with van der Waals surface area (Å²) in [6, 6.07) is 0. The third-order valence-electron chi connectivity index (χ3n) is 3.37. The molecule has 0 radical (unpaired) electrons. The normalized spacial score (nSPS) is 17.9. The molecule has 1 aliphatic rings. The van der Waals surface area contributed by atoms with Crippen molar-refractivity contribution in [3.05, 3.63) is 12.2 Å². The van der Waals surface area contributed by atoms with Crippen LogP contribution in [0.5, 0.6) is 0 Å². The maximum absolute atomic E-state index is 11.5. The smallest absolute Gasteiger partial charge is 0.330 e. The van der Waals surface area contributed by atoms with Crippen molar-refractivity contribution in [2.45, 2.75) is 57.5 Å². The van der Waals surface area contributed by atoms with E-state index in [1.54, 1.807) is 0 Å². The van der Waals surface area contributed by atoms with Gasteiger partial charge in [0.05, 0.1) is 6.10 Å². The minimum Gasteiger partial charge on any atom is -0.478 e. The zero-order valence-corrected chi connectivity index (χ0v) is 11.9. The molecule has 0 aromatic carbocycles. The molecular weight excluding hydrogens is 260 g/mol. The van der Waals surface area contributed by atoms with Gasteiger partial charge < -0.3 is 14.6 Å². The van der Waals surface area contributed by atoms with E-state index in [0.29, 0.717) is 19.4 Å². The zero-order valence-electron chi connectivity index (χ0n) is 11.9. The Kier molecular flexibility index (Phi) is 7.95. The number of hydrogen-bond acceptors (Lipinski definition) is 4. The van der Waals surface area contributed by atoms with E-state index in [0.717, 1.165) is 45.1 Å². The van der Waals surface area contributed by atoms with Crippen LogP contribution in [0.25, 0.3) is 0 Å². The van der Waals surface area contributed by atoms with Crippen LogP contribution in [-0.2, 0) is 19.1 Å². The van der Waals surface area contributed by atoms with E-state index in [1.807, 2.05) is 0 Å². The quantitative estimate of drug-likeness (QED) is 0.379. The molecule has 0 saturated carbocycles. The molecule has 0 aromatic heterocycles. The van der Waals surface area contributed by atoms with E-state index in [4.69, 9.17) is 14.6 Å². The van der Waals surface area contributed by atoms with Gasteiger partial charge in [0.2, 0.25) is 0 Å². The van der Waals surface area contributed by atoms with Crippen LogP contribution in [0.1, 0.15) is 51.4 Å². The van der Waals surface area contributed by atoms with Crippen molar-refractivity contribution in [3.63, 3.8) is 0 Å². The Bertz CT molecular complexity index is 331. The lowest BCUT2D eigenvalue weighted by atomic mass is 10.1. The van der Waals surface area contributed by atoms with Gasteiger partial charge in [-0.1, -0.05) is 19.4 Å². The maximum atomic E-state index is 11.5. The molecule has 0 spiro atoms. The lowest BCUT2D eigenvalue weighted by molar-refractivity contribution is -0.147. The van der Waals surface area contributed by atoms with Crippen molar-refractivity contribution in [1.29, 1.82) is 0 Å². The van der Waals surface area contributed by atoms with Crippen molar-refractivity contribution in [2.75, 3.05) is 13.2 Å². The molecule has 20 heavy (non-hydrogen) atoms. The van der Waals surface area contributed by atoms with Crippen LogP contribution in [0, 0.1) is 0 Å². The minimum atomic E-state index is -0.928. The number of rotatable bonds is 10. The standard InChI is InChI=1S/C15H24O5/c1-12(15(17)18)7-4-2-3-5-9-14(16)20-11-13-8-6-10-19-13/h13H,1-11H2,(H,17,18). The summed E-state index contributed by atoms with van der Waals surface area (Å²) in [5.41, 5.74) is 0.251. The Balaban J connectivity index is 1.91. The highest BCUT2D eigenvalue weighted by molar-refractivity contribution is 5.85. The van der Waals surface area contributed by atoms with Crippen LogP contribution in [0.2, 0.25) is 0 Å². The molecule has 1 atom stereocenters. The van der Waals surface area contributed by atoms with Crippen molar-refractivity contribution in [2.24, 2.45) is 0 Å². The molecule has 0 amide bonds. The molecule has 1 rings (SSSR count). The molecule has 1 aliphatic heterocycles. The minimum absolute atomic E-state index is 0.0842. The molecule has 114 valence electrons. The Morgan fingerprint density at radius 1 is 1.20 bits per heavy atom. The summed E-state index contributed by atoms with van der Waals surface area (Å²) in [6.07, 6.45) is 6.43. The van der Waals surface area contributed by atoms with Crippen LogP contribution in [0.15, 0.2) is 12.2 Å². The average molecular weight is 284 g/mol. The van der Waals surface area contributed by atoms with Gasteiger partial charge in [0.1, 0.15) is 6.61 Å². The fourth-order valence-corrected chi connectivity index (χ4v) is 2.10. The number of carboxylic acids is 1. The molecule has 1 saturated heterocycles. The number of carbonyl (C=O) groups is 2. The molecular formula is C15H24O5. The first-order valence-corrected chi connectivity index (χ1v) is 7.28. The Labute approximate surface area is 119 Å². The molecule has 0 aliphatic carbocycles. The number of carbonyl (C=O) groups excluding carboxylic acids is 1. The molecule has 0 aromatic rings. The monoisotopic (exact) mass is 284 g/mol. The highest BCUT2D eigenvalue weighted by Gasteiger charge is 2.17. The van der Waals surface area contributed by atoms with Gasteiger partial charge >= 0.3 is 11.9 Å². The fourth-order valence-electron chi connectivity index (χ4n) is 2.10. The third-order valence-corrected chi connectivity index (χ3v) is 3.37. The predicted octanol–water partition coefficient (Wildman–Crippen LogP) is 2.69. The molecule has 1 fully saturated rings. The summed E-state index contributed by atoms with van der Waals surface area (Å²) in [5.74, 6) is -1.10. The topological polar surface area (TPSA) is 72.8 Å². The zero-order chi connectivity index (χ0) is 14.8. The van der Waals surface area contributed by atoms with Crippen molar-refractivity contribution < 1.29 is 24.2 Å². The first-order chi connectivity index (χ1) is 9.59. The van der Waals surface area contributed by atoms with Gasteiger partial charge in [-0.05, 0) is 32.1 Å². The lowest BCUT2D eigenvalue weighted by Crippen LogP contribution is -2.17. The number of carboxylic acid groups (broad SMARTS) is 1. The highest BCUT2D eigenvalue weighted by atomic mass is 16.6. The van der Waals surface area contributed by atoms with Gasteiger partial charge in [-0.25, -0.2) is 4.79 Å². The molecule has 1 unspecified atom stereocenters. The van der Waals surface area contributed by atoms with Gasteiger partial charge in [0.15, 0.2) is 0 Å². The first kappa shape index (κ1) is 16.7. The van der Waals surface area contributed by atoms with Gasteiger partial charge in [-0.2, -0.15) is 0 Å². The van der Waals surface area contributed by atoms with Crippen molar-refractivity contribution in [3.8, 4) is 0 Å². The average Bonchev–Trinajstić information content (AvgIpc) is 2.93. The second-order valence-electron chi connectivity index (χ2n) is 5.14. The van der Waals surface area contributed by atoms with Gasteiger partial charge in [-0.3, -0.25) is 4.79 Å². The van der Waals surface area contributed by atoms with E-state index in [9.17, 15) is 9.59 Å². The van der Waals surface area contributed by atoms with Crippen LogP contribution in [0.4, 0.5) is 0 Å². The first-order valence-electron chi connectivity index (χ1n) is 7.28. The second kappa shape index (κ2) is 9.53. The number of ether oxygens (including phenoxy) is 2. The Morgan fingerprint density at radius 2 is 1.90 bits per heavy atom. The van der Waals surface area contributed by atoms with Crippen LogP contribution in [-0.4, -0.2) is 36.4 Å². The summed E-state index contributed by atoms with van der Waals surface area (Å²) >= 11 is 0. The highest BCUT2D eigenvalue weighted by Crippen LogP contribution is 2.13. The lowest BCUT2D eigenvalue weighted by Gasteiger charge is -2.10. The summed E-state index contributed by atoms with van der Waals surface area (Å²) < 4.78 is 10.5. The maximum Gasteiger partial charge on any atom is 0.330 e. The van der Waals surface area contributed by atoms with Gasteiger partial charge in [0.25, 0.3) is 0 Å². The SMILES string of the molecule is C=C(CCCCCCC(=O)OCC1CCCO1)C(=O)O. The summed E-state index contributed by atoms with van der Waals surface area (Å²) in [6.45, 7) is 4.62. The third kappa shape index (κ3) is 7.28.